The smallest absolute Gasteiger partial charge is 0.275 e. The molecule has 0 aliphatic carbocycles. The summed E-state index contributed by atoms with van der Waals surface area (Å²) >= 11 is 6.94. The zero-order valence-corrected chi connectivity index (χ0v) is 17.6. The number of carbonyl (C=O) groups is 3. The Balaban J connectivity index is 1.71. The van der Waals surface area contributed by atoms with Crippen LogP contribution >= 0.6 is 22.9 Å². The molecule has 0 bridgehead atoms. The van der Waals surface area contributed by atoms with Crippen LogP contribution in [0.15, 0.2) is 47.8 Å². The normalized spacial score (nSPS) is 10.2. The molecule has 3 N–H and O–H groups in total. The van der Waals surface area contributed by atoms with Crippen molar-refractivity contribution in [3.8, 4) is 5.75 Å². The molecule has 30 heavy (non-hydrogen) atoms. The van der Waals surface area contributed by atoms with E-state index in [9.17, 15) is 14.4 Å². The van der Waals surface area contributed by atoms with E-state index in [4.69, 9.17) is 16.3 Å². The lowest BCUT2D eigenvalue weighted by Crippen LogP contribution is -2.15. The van der Waals surface area contributed by atoms with Crippen molar-refractivity contribution in [2.45, 2.75) is 6.92 Å². The van der Waals surface area contributed by atoms with E-state index >= 15 is 0 Å². The Morgan fingerprint density at radius 2 is 1.73 bits per heavy atom. The number of amides is 3. The molecular formula is C20H17ClN4O4S. The lowest BCUT2D eigenvalue weighted by molar-refractivity contribution is -0.114. The molecule has 8 nitrogen and oxygen atoms in total. The summed E-state index contributed by atoms with van der Waals surface area (Å²) in [6, 6.07) is 11.3. The molecule has 2 aromatic carbocycles. The molecule has 0 unspecified atom stereocenters. The van der Waals surface area contributed by atoms with E-state index in [1.54, 1.807) is 42.5 Å². The molecule has 0 saturated carbocycles. The standard InChI is InChI=1S/C20H17ClN4O4S/c1-11(26)22-14-7-8-17(29-2)15(9-14)23-19(28)16-10-30-20(24-16)25-18(27)12-3-5-13(21)6-4-12/h3-10H,1-2H3,(H,22,26)(H,23,28)(H,24,25,27). The van der Waals surface area contributed by atoms with E-state index in [1.165, 1.54) is 19.4 Å². The zero-order chi connectivity index (χ0) is 21.7. The van der Waals surface area contributed by atoms with Crippen LogP contribution in [0.1, 0.15) is 27.8 Å². The Kier molecular flexibility index (Phi) is 6.65. The quantitative estimate of drug-likeness (QED) is 0.526. The van der Waals surface area contributed by atoms with Crippen molar-refractivity contribution in [3.63, 3.8) is 0 Å². The van der Waals surface area contributed by atoms with E-state index in [2.05, 4.69) is 20.9 Å². The molecule has 1 aromatic heterocycles. The number of aromatic nitrogens is 1. The highest BCUT2D eigenvalue weighted by molar-refractivity contribution is 7.14. The Morgan fingerprint density at radius 1 is 1.00 bits per heavy atom. The van der Waals surface area contributed by atoms with Gasteiger partial charge in [0, 0.05) is 28.6 Å². The lowest BCUT2D eigenvalue weighted by atomic mass is 10.2. The predicted molar refractivity (Wildman–Crippen MR) is 117 cm³/mol. The van der Waals surface area contributed by atoms with Gasteiger partial charge in [-0.2, -0.15) is 0 Å². The molecule has 10 heteroatoms. The van der Waals surface area contributed by atoms with Gasteiger partial charge in [0.2, 0.25) is 5.91 Å². The summed E-state index contributed by atoms with van der Waals surface area (Å²) in [6.07, 6.45) is 0. The van der Waals surface area contributed by atoms with Crippen molar-refractivity contribution >= 4 is 57.2 Å². The summed E-state index contributed by atoms with van der Waals surface area (Å²) < 4.78 is 5.25. The van der Waals surface area contributed by atoms with Crippen molar-refractivity contribution in [2.24, 2.45) is 0 Å². The fourth-order valence-electron chi connectivity index (χ4n) is 2.48. The van der Waals surface area contributed by atoms with Crippen LogP contribution in [0.3, 0.4) is 0 Å². The summed E-state index contributed by atoms with van der Waals surface area (Å²) in [5.74, 6) is -0.670. The topological polar surface area (TPSA) is 109 Å². The molecule has 3 rings (SSSR count). The van der Waals surface area contributed by atoms with Gasteiger partial charge in [0.15, 0.2) is 5.13 Å². The summed E-state index contributed by atoms with van der Waals surface area (Å²) in [5.41, 5.74) is 1.42. The third-order valence-electron chi connectivity index (χ3n) is 3.83. The number of carbonyl (C=O) groups excluding carboxylic acids is 3. The maximum absolute atomic E-state index is 12.6. The Labute approximate surface area is 181 Å². The number of ether oxygens (including phenoxy) is 1. The van der Waals surface area contributed by atoms with E-state index in [-0.39, 0.29) is 22.6 Å². The Hall–Kier alpha value is -3.43. The summed E-state index contributed by atoms with van der Waals surface area (Å²) in [6.45, 7) is 1.39. The summed E-state index contributed by atoms with van der Waals surface area (Å²) in [4.78, 5) is 40.3. The number of halogens is 1. The molecule has 0 fully saturated rings. The average molecular weight is 445 g/mol. The fraction of sp³-hybridized carbons (Fsp3) is 0.100. The van der Waals surface area contributed by atoms with Crippen LogP contribution in [0.2, 0.25) is 5.02 Å². The number of hydrogen-bond donors (Lipinski definition) is 3. The lowest BCUT2D eigenvalue weighted by Gasteiger charge is -2.11. The highest BCUT2D eigenvalue weighted by Crippen LogP contribution is 2.28. The molecule has 0 aliphatic rings. The van der Waals surface area contributed by atoms with Gasteiger partial charge >= 0.3 is 0 Å². The third kappa shape index (κ3) is 5.34. The van der Waals surface area contributed by atoms with Gasteiger partial charge in [0.05, 0.1) is 12.8 Å². The van der Waals surface area contributed by atoms with Crippen molar-refractivity contribution in [2.75, 3.05) is 23.1 Å². The molecule has 0 spiro atoms. The van der Waals surface area contributed by atoms with Gasteiger partial charge in [-0.05, 0) is 42.5 Å². The van der Waals surface area contributed by atoms with Gasteiger partial charge in [-0.1, -0.05) is 11.6 Å². The summed E-state index contributed by atoms with van der Waals surface area (Å²) in [5, 5.41) is 10.3. The minimum Gasteiger partial charge on any atom is -0.495 e. The minimum atomic E-state index is -0.489. The fourth-order valence-corrected chi connectivity index (χ4v) is 3.29. The average Bonchev–Trinajstić information content (AvgIpc) is 3.17. The first kappa shape index (κ1) is 21.3. The monoisotopic (exact) mass is 444 g/mol. The molecule has 3 aromatic rings. The number of methoxy groups -OCH3 is 1. The number of rotatable bonds is 6. The number of anilines is 3. The third-order valence-corrected chi connectivity index (χ3v) is 4.84. The number of nitrogens with one attached hydrogen (secondary N) is 3. The molecule has 0 atom stereocenters. The van der Waals surface area contributed by atoms with Gasteiger partial charge < -0.3 is 15.4 Å². The first-order valence-corrected chi connectivity index (χ1v) is 9.91. The molecular weight excluding hydrogens is 428 g/mol. The second-order valence-electron chi connectivity index (χ2n) is 6.05. The largest absolute Gasteiger partial charge is 0.495 e. The highest BCUT2D eigenvalue weighted by atomic mass is 35.5. The Bertz CT molecular complexity index is 1100. The van der Waals surface area contributed by atoms with Crippen LogP contribution < -0.4 is 20.7 Å². The second kappa shape index (κ2) is 9.38. The SMILES string of the molecule is COc1ccc(NC(C)=O)cc1NC(=O)c1csc(NC(=O)c2ccc(Cl)cc2)n1. The van der Waals surface area contributed by atoms with Crippen LogP contribution in [0.5, 0.6) is 5.75 Å². The van der Waals surface area contributed by atoms with Crippen molar-refractivity contribution in [1.82, 2.24) is 4.98 Å². The van der Waals surface area contributed by atoms with Crippen LogP contribution in [-0.2, 0) is 4.79 Å². The van der Waals surface area contributed by atoms with Crippen LogP contribution in [0, 0.1) is 0 Å². The van der Waals surface area contributed by atoms with Gasteiger partial charge in [-0.15, -0.1) is 11.3 Å². The van der Waals surface area contributed by atoms with E-state index in [1.807, 2.05) is 0 Å². The molecule has 3 amide bonds. The Morgan fingerprint density at radius 3 is 2.40 bits per heavy atom. The minimum absolute atomic E-state index is 0.124. The second-order valence-corrected chi connectivity index (χ2v) is 7.34. The predicted octanol–water partition coefficient (Wildman–Crippen LogP) is 4.27. The first-order chi connectivity index (χ1) is 14.4. The van der Waals surface area contributed by atoms with Gasteiger partial charge in [-0.25, -0.2) is 4.98 Å². The number of hydrogen-bond acceptors (Lipinski definition) is 6. The number of benzene rings is 2. The van der Waals surface area contributed by atoms with Crippen LogP contribution in [0.4, 0.5) is 16.5 Å². The zero-order valence-electron chi connectivity index (χ0n) is 16.0. The number of thiazole rings is 1. The van der Waals surface area contributed by atoms with Gasteiger partial charge in [0.25, 0.3) is 11.8 Å². The number of nitrogens with zero attached hydrogens (tertiary/aromatic N) is 1. The summed E-state index contributed by atoms with van der Waals surface area (Å²) in [7, 11) is 1.47. The van der Waals surface area contributed by atoms with Crippen LogP contribution in [0.25, 0.3) is 0 Å². The maximum Gasteiger partial charge on any atom is 0.275 e. The molecule has 0 radical (unpaired) electrons. The van der Waals surface area contributed by atoms with E-state index in [0.717, 1.165) is 11.3 Å². The van der Waals surface area contributed by atoms with Crippen molar-refractivity contribution < 1.29 is 19.1 Å². The van der Waals surface area contributed by atoms with Gasteiger partial charge in [-0.3, -0.25) is 19.7 Å². The van der Waals surface area contributed by atoms with Crippen molar-refractivity contribution in [1.29, 1.82) is 0 Å². The van der Waals surface area contributed by atoms with Crippen LogP contribution in [-0.4, -0.2) is 29.8 Å². The van der Waals surface area contributed by atoms with Gasteiger partial charge in [0.1, 0.15) is 11.4 Å². The maximum atomic E-state index is 12.6. The van der Waals surface area contributed by atoms with E-state index in [0.29, 0.717) is 27.7 Å². The first-order valence-electron chi connectivity index (χ1n) is 8.65. The van der Waals surface area contributed by atoms with E-state index < -0.39 is 5.91 Å². The molecule has 0 aliphatic heterocycles. The highest BCUT2D eigenvalue weighted by Gasteiger charge is 2.16. The molecule has 1 heterocycles. The molecule has 0 saturated heterocycles. The molecule has 154 valence electrons. The van der Waals surface area contributed by atoms with Crippen molar-refractivity contribution in [3.05, 3.63) is 64.1 Å².